The van der Waals surface area contributed by atoms with Gasteiger partial charge in [0.1, 0.15) is 15.7 Å². The molecule has 28 heavy (non-hydrogen) atoms. The van der Waals surface area contributed by atoms with Gasteiger partial charge in [-0.2, -0.15) is 0 Å². The number of sulfone groups is 1. The number of hydrogen-bond donors (Lipinski definition) is 2. The Kier molecular flexibility index (Phi) is 10.2. The predicted molar refractivity (Wildman–Crippen MR) is 125 cm³/mol. The van der Waals surface area contributed by atoms with Crippen molar-refractivity contribution in [2.45, 2.75) is 56.9 Å². The summed E-state index contributed by atoms with van der Waals surface area (Å²) in [7, 11) is -1.26. The van der Waals surface area contributed by atoms with E-state index in [2.05, 4.69) is 15.6 Å². The molecule has 5 nitrogen and oxygen atoms in total. The maximum Gasteiger partial charge on any atom is 0.191 e. The number of benzene rings is 1. The van der Waals surface area contributed by atoms with Gasteiger partial charge < -0.3 is 10.6 Å². The molecule has 2 rings (SSSR count). The predicted octanol–water partition coefficient (Wildman–Crippen LogP) is 3.63. The van der Waals surface area contributed by atoms with Crippen LogP contribution in [0.25, 0.3) is 0 Å². The molecule has 1 aliphatic carbocycles. The third-order valence-electron chi connectivity index (χ3n) is 5.39. The summed E-state index contributed by atoms with van der Waals surface area (Å²) in [6.45, 7) is 2.67. The van der Waals surface area contributed by atoms with E-state index in [4.69, 9.17) is 0 Å². The first kappa shape index (κ1) is 25.1. The average molecular weight is 525 g/mol. The lowest BCUT2D eigenvalue weighted by Gasteiger charge is -2.38. The molecule has 0 aromatic heterocycles. The minimum atomic E-state index is -2.97. The Labute approximate surface area is 185 Å². The number of halogens is 2. The van der Waals surface area contributed by atoms with Crippen molar-refractivity contribution in [3.63, 3.8) is 0 Å². The lowest BCUT2D eigenvalue weighted by Crippen LogP contribution is -2.48. The summed E-state index contributed by atoms with van der Waals surface area (Å²) < 4.78 is 36.1. The zero-order chi connectivity index (χ0) is 19.9. The smallest absolute Gasteiger partial charge is 0.191 e. The van der Waals surface area contributed by atoms with Crippen LogP contribution in [0.5, 0.6) is 0 Å². The molecule has 1 saturated carbocycles. The summed E-state index contributed by atoms with van der Waals surface area (Å²) in [5.74, 6) is 0.607. The van der Waals surface area contributed by atoms with Gasteiger partial charge in [0.25, 0.3) is 0 Å². The molecule has 0 heterocycles. The molecule has 0 spiro atoms. The van der Waals surface area contributed by atoms with Gasteiger partial charge in [0, 0.05) is 31.3 Å². The number of rotatable bonds is 7. The summed E-state index contributed by atoms with van der Waals surface area (Å²) in [6, 6.07) is 6.86. The third kappa shape index (κ3) is 7.85. The van der Waals surface area contributed by atoms with Gasteiger partial charge in [0.15, 0.2) is 5.96 Å². The first-order valence-corrected chi connectivity index (χ1v) is 11.7. The normalized spacial score (nSPS) is 18.1. The fourth-order valence-electron chi connectivity index (χ4n) is 3.74. The molecule has 1 unspecified atom stereocenters. The van der Waals surface area contributed by atoms with Crippen molar-refractivity contribution in [2.24, 2.45) is 4.99 Å². The quantitative estimate of drug-likeness (QED) is 0.324. The Balaban J connectivity index is 0.00000392. The van der Waals surface area contributed by atoms with Gasteiger partial charge in [-0.05, 0) is 43.9 Å². The Morgan fingerprint density at radius 2 is 1.82 bits per heavy atom. The second kappa shape index (κ2) is 11.3. The van der Waals surface area contributed by atoms with E-state index in [1.54, 1.807) is 7.05 Å². The SMILES string of the molecule is CN=C(NCC1(c2ccc(F)cc2)CCCCC1)NC(C)CCS(C)(=O)=O.I. The highest BCUT2D eigenvalue weighted by Crippen LogP contribution is 2.39. The van der Waals surface area contributed by atoms with E-state index in [-0.39, 0.29) is 47.0 Å². The van der Waals surface area contributed by atoms with Crippen LogP contribution in [0.3, 0.4) is 0 Å². The molecule has 1 aromatic rings. The van der Waals surface area contributed by atoms with Crippen molar-refractivity contribution in [3.05, 3.63) is 35.6 Å². The summed E-state index contributed by atoms with van der Waals surface area (Å²) in [6.07, 6.45) is 7.47. The summed E-state index contributed by atoms with van der Waals surface area (Å²) in [4.78, 5) is 4.28. The Bertz CT molecular complexity index is 732. The Hall–Kier alpha value is -0.900. The minimum absolute atomic E-state index is 0. The second-order valence-electron chi connectivity index (χ2n) is 7.74. The highest BCUT2D eigenvalue weighted by molar-refractivity contribution is 14.0. The fourth-order valence-corrected chi connectivity index (χ4v) is 4.53. The van der Waals surface area contributed by atoms with Crippen LogP contribution in [-0.2, 0) is 15.3 Å². The summed E-state index contributed by atoms with van der Waals surface area (Å²) in [5.41, 5.74) is 1.14. The van der Waals surface area contributed by atoms with Crippen molar-refractivity contribution in [3.8, 4) is 0 Å². The van der Waals surface area contributed by atoms with E-state index in [0.29, 0.717) is 12.4 Å². The molecule has 1 fully saturated rings. The standard InChI is InChI=1S/C20H32FN3O2S.HI/c1-16(11-14-27(3,25)26)24-19(22-2)23-15-20(12-5-4-6-13-20)17-7-9-18(21)10-8-17;/h7-10,16H,4-6,11-15H2,1-3H3,(H2,22,23,24);1H. The van der Waals surface area contributed by atoms with Crippen molar-refractivity contribution < 1.29 is 12.8 Å². The molecule has 0 bridgehead atoms. The van der Waals surface area contributed by atoms with Crippen LogP contribution in [0, 0.1) is 5.82 Å². The molecule has 0 amide bonds. The van der Waals surface area contributed by atoms with E-state index >= 15 is 0 Å². The van der Waals surface area contributed by atoms with Crippen molar-refractivity contribution >= 4 is 39.8 Å². The van der Waals surface area contributed by atoms with Gasteiger partial charge in [-0.3, -0.25) is 4.99 Å². The molecule has 0 aliphatic heterocycles. The molecular weight excluding hydrogens is 492 g/mol. The fraction of sp³-hybridized carbons (Fsp3) is 0.650. The van der Waals surface area contributed by atoms with Crippen LogP contribution in [0.15, 0.2) is 29.3 Å². The summed E-state index contributed by atoms with van der Waals surface area (Å²) >= 11 is 0. The van der Waals surface area contributed by atoms with Gasteiger partial charge in [-0.25, -0.2) is 12.8 Å². The number of aliphatic imine (C=N–C) groups is 1. The van der Waals surface area contributed by atoms with Crippen molar-refractivity contribution in [1.82, 2.24) is 10.6 Å². The van der Waals surface area contributed by atoms with E-state index in [1.807, 2.05) is 19.1 Å². The first-order chi connectivity index (χ1) is 12.7. The lowest BCUT2D eigenvalue weighted by atomic mass is 9.69. The monoisotopic (exact) mass is 525 g/mol. The highest BCUT2D eigenvalue weighted by atomic mass is 127. The molecular formula is C20H33FIN3O2S. The third-order valence-corrected chi connectivity index (χ3v) is 6.37. The van der Waals surface area contributed by atoms with Gasteiger partial charge in [-0.15, -0.1) is 24.0 Å². The van der Waals surface area contributed by atoms with E-state index in [9.17, 15) is 12.8 Å². The van der Waals surface area contributed by atoms with Crippen LogP contribution in [-0.4, -0.2) is 46.0 Å². The maximum absolute atomic E-state index is 13.4. The number of nitrogens with one attached hydrogen (secondary N) is 2. The van der Waals surface area contributed by atoms with Crippen LogP contribution >= 0.6 is 24.0 Å². The second-order valence-corrected chi connectivity index (χ2v) is 10.00. The minimum Gasteiger partial charge on any atom is -0.356 e. The first-order valence-electron chi connectivity index (χ1n) is 9.65. The van der Waals surface area contributed by atoms with E-state index in [1.165, 1.54) is 24.8 Å². The van der Waals surface area contributed by atoms with Crippen molar-refractivity contribution in [1.29, 1.82) is 0 Å². The van der Waals surface area contributed by atoms with E-state index < -0.39 is 9.84 Å². The van der Waals surface area contributed by atoms with Gasteiger partial charge >= 0.3 is 0 Å². The topological polar surface area (TPSA) is 70.6 Å². The Morgan fingerprint density at radius 1 is 1.21 bits per heavy atom. The molecule has 1 atom stereocenters. The largest absolute Gasteiger partial charge is 0.356 e. The zero-order valence-electron chi connectivity index (χ0n) is 17.0. The van der Waals surface area contributed by atoms with Gasteiger partial charge in [0.05, 0.1) is 5.75 Å². The lowest BCUT2D eigenvalue weighted by molar-refractivity contribution is 0.290. The van der Waals surface area contributed by atoms with Crippen LogP contribution in [0.2, 0.25) is 0 Å². The zero-order valence-corrected chi connectivity index (χ0v) is 20.1. The van der Waals surface area contributed by atoms with Crippen LogP contribution < -0.4 is 10.6 Å². The van der Waals surface area contributed by atoms with Crippen molar-refractivity contribution in [2.75, 3.05) is 25.6 Å². The van der Waals surface area contributed by atoms with Gasteiger partial charge in [0.2, 0.25) is 0 Å². The van der Waals surface area contributed by atoms with E-state index in [0.717, 1.165) is 37.8 Å². The number of hydrogen-bond acceptors (Lipinski definition) is 3. The molecule has 1 aliphatic rings. The average Bonchev–Trinajstić information content (AvgIpc) is 2.64. The molecule has 0 saturated heterocycles. The maximum atomic E-state index is 13.4. The highest BCUT2D eigenvalue weighted by Gasteiger charge is 2.34. The molecule has 8 heteroatoms. The molecule has 2 N–H and O–H groups in total. The molecule has 160 valence electrons. The summed E-state index contributed by atoms with van der Waals surface area (Å²) in [5, 5.41) is 6.69. The molecule has 0 radical (unpaired) electrons. The van der Waals surface area contributed by atoms with Gasteiger partial charge in [-0.1, -0.05) is 31.4 Å². The number of guanidine groups is 1. The molecule has 1 aromatic carbocycles. The number of nitrogens with zero attached hydrogens (tertiary/aromatic N) is 1. The van der Waals surface area contributed by atoms with Crippen LogP contribution in [0.4, 0.5) is 4.39 Å². The van der Waals surface area contributed by atoms with Crippen LogP contribution in [0.1, 0.15) is 51.0 Å². The Morgan fingerprint density at radius 3 is 2.36 bits per heavy atom.